The largest absolute Gasteiger partial charge is 0.487 e. The van der Waals surface area contributed by atoms with Crippen molar-refractivity contribution in [2.75, 3.05) is 36.5 Å². The van der Waals surface area contributed by atoms with Crippen LogP contribution in [0.1, 0.15) is 36.7 Å². The number of carbonyl (C=O) groups is 2. The van der Waals surface area contributed by atoms with Crippen molar-refractivity contribution >= 4 is 34.8 Å². The van der Waals surface area contributed by atoms with Crippen LogP contribution in [0.15, 0.2) is 48.7 Å². The average Bonchev–Trinajstić information content (AvgIpc) is 3.55. The molecule has 40 heavy (non-hydrogen) atoms. The van der Waals surface area contributed by atoms with E-state index in [0.29, 0.717) is 49.7 Å². The zero-order valence-electron chi connectivity index (χ0n) is 22.3. The van der Waals surface area contributed by atoms with Gasteiger partial charge in [0, 0.05) is 60.2 Å². The molecule has 3 heterocycles. The van der Waals surface area contributed by atoms with E-state index in [2.05, 4.69) is 25.2 Å². The van der Waals surface area contributed by atoms with E-state index in [1.165, 1.54) is 24.3 Å². The van der Waals surface area contributed by atoms with Crippen LogP contribution in [0.5, 0.6) is 5.75 Å². The van der Waals surface area contributed by atoms with Crippen LogP contribution < -0.4 is 15.0 Å². The summed E-state index contributed by atoms with van der Waals surface area (Å²) in [5.74, 6) is -0.522. The number of nitrogens with zero attached hydrogens (tertiary/aromatic N) is 3. The summed E-state index contributed by atoms with van der Waals surface area (Å²) in [4.78, 5) is 31.3. The number of hydrogen-bond donors (Lipinski definition) is 2. The number of halogens is 3. The van der Waals surface area contributed by atoms with Crippen molar-refractivity contribution in [2.24, 2.45) is 0 Å². The molecule has 3 aromatic rings. The lowest BCUT2D eigenvalue weighted by molar-refractivity contribution is -0.140. The van der Waals surface area contributed by atoms with Gasteiger partial charge in [-0.05, 0) is 68.8 Å². The summed E-state index contributed by atoms with van der Waals surface area (Å²) < 4.78 is 35.6. The van der Waals surface area contributed by atoms with E-state index in [-0.39, 0.29) is 17.7 Å². The van der Waals surface area contributed by atoms with E-state index >= 15 is 0 Å². The van der Waals surface area contributed by atoms with Crippen molar-refractivity contribution in [1.29, 1.82) is 0 Å². The van der Waals surface area contributed by atoms with Gasteiger partial charge in [-0.25, -0.2) is 0 Å². The Morgan fingerprint density at radius 1 is 1.18 bits per heavy atom. The van der Waals surface area contributed by atoms with Gasteiger partial charge in [0.1, 0.15) is 11.3 Å². The molecule has 0 aliphatic carbocycles. The fourth-order valence-electron chi connectivity index (χ4n) is 5.62. The zero-order valence-corrected chi connectivity index (χ0v) is 23.1. The minimum Gasteiger partial charge on any atom is -0.420 e. The first-order chi connectivity index (χ1) is 19.0. The minimum atomic E-state index is -3.83. The first-order valence-corrected chi connectivity index (χ1v) is 13.3. The third-order valence-corrected chi connectivity index (χ3v) is 7.25. The standard InChI is InChI=1S/C28H30ClF2N5O4/c1-17(2)36-24-19(16-27(36,3)26(38)35-10-12-39-13-11-35)14-18(15-22(24)23-8-9-32-34-23)25(37)33-20-4-6-21(7-5-20)40-28(29,30)31/h4-9,14-15,17H,10-13,16H2,1-3H3,(H,32,34)(H,33,37). The van der Waals surface area contributed by atoms with Gasteiger partial charge in [0.15, 0.2) is 0 Å². The van der Waals surface area contributed by atoms with Gasteiger partial charge in [0.25, 0.3) is 5.91 Å². The van der Waals surface area contributed by atoms with Gasteiger partial charge < -0.3 is 24.6 Å². The first-order valence-electron chi connectivity index (χ1n) is 13.0. The SMILES string of the molecule is CC(C)N1c2c(cc(C(=O)Nc3ccc(OC(F)(F)Cl)cc3)cc2-c2ccn[nH]2)CC1(C)C(=O)N1CCOCC1. The molecule has 212 valence electrons. The van der Waals surface area contributed by atoms with Crippen molar-refractivity contribution in [2.45, 2.75) is 44.3 Å². The fourth-order valence-corrected chi connectivity index (χ4v) is 5.70. The summed E-state index contributed by atoms with van der Waals surface area (Å²) >= 11 is 4.82. The first kappa shape index (κ1) is 27.9. The van der Waals surface area contributed by atoms with E-state index in [9.17, 15) is 18.4 Å². The molecule has 5 rings (SSSR count). The monoisotopic (exact) mass is 573 g/mol. The fraction of sp³-hybridized carbons (Fsp3) is 0.393. The Morgan fingerprint density at radius 3 is 2.48 bits per heavy atom. The predicted molar refractivity (Wildman–Crippen MR) is 147 cm³/mol. The van der Waals surface area contributed by atoms with Gasteiger partial charge in [0.2, 0.25) is 5.91 Å². The number of rotatable bonds is 7. The molecule has 0 spiro atoms. The zero-order chi connectivity index (χ0) is 28.7. The number of fused-ring (bicyclic) bond motifs is 1. The molecule has 2 aromatic carbocycles. The van der Waals surface area contributed by atoms with Gasteiger partial charge in [-0.3, -0.25) is 14.7 Å². The second-order valence-electron chi connectivity index (χ2n) is 10.3. The number of benzene rings is 2. The molecule has 1 fully saturated rings. The summed E-state index contributed by atoms with van der Waals surface area (Å²) in [5, 5.41) is 9.90. The molecule has 12 heteroatoms. The van der Waals surface area contributed by atoms with Crippen LogP contribution in [0.4, 0.5) is 20.2 Å². The molecule has 0 radical (unpaired) electrons. The lowest BCUT2D eigenvalue weighted by atomic mass is 9.92. The maximum atomic E-state index is 13.9. The number of ether oxygens (including phenoxy) is 2. The topological polar surface area (TPSA) is 99.8 Å². The third-order valence-electron chi connectivity index (χ3n) is 7.17. The number of anilines is 2. The Kier molecular flexibility index (Phi) is 7.45. The van der Waals surface area contributed by atoms with Gasteiger partial charge in [-0.2, -0.15) is 5.10 Å². The summed E-state index contributed by atoms with van der Waals surface area (Å²) in [6, 6.07) is 10.8. The number of nitrogens with one attached hydrogen (secondary N) is 2. The Hall–Kier alpha value is -3.70. The molecule has 1 aromatic heterocycles. The maximum Gasteiger partial charge on any atom is 0.487 e. The van der Waals surface area contributed by atoms with Crippen molar-refractivity contribution in [3.05, 3.63) is 59.8 Å². The number of hydrogen-bond acceptors (Lipinski definition) is 6. The van der Waals surface area contributed by atoms with E-state index in [0.717, 1.165) is 16.8 Å². The number of morpholine rings is 1. The van der Waals surface area contributed by atoms with Gasteiger partial charge in [0.05, 0.1) is 24.6 Å². The van der Waals surface area contributed by atoms with Crippen LogP contribution in [0, 0.1) is 0 Å². The molecule has 2 N–H and O–H groups in total. The van der Waals surface area contributed by atoms with Crippen LogP contribution in [-0.4, -0.2) is 70.4 Å². The van der Waals surface area contributed by atoms with Crippen LogP contribution >= 0.6 is 11.6 Å². The van der Waals surface area contributed by atoms with E-state index in [4.69, 9.17) is 16.3 Å². The summed E-state index contributed by atoms with van der Waals surface area (Å²) in [6.07, 6.45) is 2.05. The van der Waals surface area contributed by atoms with Crippen LogP contribution in [0.25, 0.3) is 11.3 Å². The summed E-state index contributed by atoms with van der Waals surface area (Å²) in [7, 11) is 0. The molecule has 1 unspecified atom stereocenters. The van der Waals surface area contributed by atoms with Crippen LogP contribution in [-0.2, 0) is 16.0 Å². The molecule has 9 nitrogen and oxygen atoms in total. The maximum absolute atomic E-state index is 13.9. The van der Waals surface area contributed by atoms with Crippen molar-refractivity contribution < 1.29 is 27.8 Å². The van der Waals surface area contributed by atoms with Gasteiger partial charge in [-0.15, -0.1) is 8.78 Å². The number of amides is 2. The van der Waals surface area contributed by atoms with Crippen molar-refractivity contribution in [1.82, 2.24) is 15.1 Å². The highest BCUT2D eigenvalue weighted by Gasteiger charge is 2.50. The highest BCUT2D eigenvalue weighted by Crippen LogP contribution is 2.47. The molecular weight excluding hydrogens is 544 g/mol. The molecule has 0 saturated carbocycles. The quantitative estimate of drug-likeness (QED) is 0.391. The smallest absolute Gasteiger partial charge is 0.420 e. The molecule has 2 aliphatic rings. The number of aromatic amines is 1. The number of carbonyl (C=O) groups excluding carboxylic acids is 2. The highest BCUT2D eigenvalue weighted by molar-refractivity contribution is 6.20. The molecule has 1 atom stereocenters. The van der Waals surface area contributed by atoms with Crippen molar-refractivity contribution in [3.8, 4) is 17.0 Å². The average molecular weight is 574 g/mol. The Balaban J connectivity index is 1.50. The molecule has 2 aliphatic heterocycles. The van der Waals surface area contributed by atoms with E-state index in [1.807, 2.05) is 37.8 Å². The molecular formula is C28H30ClF2N5O4. The van der Waals surface area contributed by atoms with Crippen molar-refractivity contribution in [3.63, 3.8) is 0 Å². The van der Waals surface area contributed by atoms with Gasteiger partial charge in [-0.1, -0.05) is 0 Å². The third kappa shape index (κ3) is 5.48. The molecule has 0 bridgehead atoms. The lowest BCUT2D eigenvalue weighted by Gasteiger charge is -2.43. The second-order valence-corrected chi connectivity index (χ2v) is 10.8. The minimum absolute atomic E-state index is 0.0151. The second kappa shape index (κ2) is 10.7. The molecule has 1 saturated heterocycles. The number of H-pyrrole nitrogens is 1. The number of alkyl halides is 3. The normalized spacial score (nSPS) is 19.1. The predicted octanol–water partition coefficient (Wildman–Crippen LogP) is 4.89. The summed E-state index contributed by atoms with van der Waals surface area (Å²) in [5.41, 5.74) is -0.731. The highest BCUT2D eigenvalue weighted by atomic mass is 35.5. The van der Waals surface area contributed by atoms with Gasteiger partial charge >= 0.3 is 5.57 Å². The van der Waals surface area contributed by atoms with Crippen LogP contribution in [0.2, 0.25) is 0 Å². The van der Waals surface area contributed by atoms with E-state index < -0.39 is 17.0 Å². The molecule has 2 amide bonds. The lowest BCUT2D eigenvalue weighted by Crippen LogP contribution is -2.60. The Morgan fingerprint density at radius 2 is 1.88 bits per heavy atom. The number of aromatic nitrogens is 2. The summed E-state index contributed by atoms with van der Waals surface area (Å²) in [6.45, 7) is 8.11. The Bertz CT molecular complexity index is 1390. The van der Waals surface area contributed by atoms with E-state index in [1.54, 1.807) is 12.3 Å². The Labute approximate surface area is 235 Å². The van der Waals surface area contributed by atoms with Crippen LogP contribution in [0.3, 0.4) is 0 Å².